The highest BCUT2D eigenvalue weighted by atomic mass is 16.5. The van der Waals surface area contributed by atoms with Crippen LogP contribution in [-0.2, 0) is 6.61 Å². The maximum Gasteiger partial charge on any atom is 0.197 e. The minimum absolute atomic E-state index is 0.198. The van der Waals surface area contributed by atoms with Crippen LogP contribution in [0, 0.1) is 0 Å². The first-order valence-corrected chi connectivity index (χ1v) is 12.3. The summed E-state index contributed by atoms with van der Waals surface area (Å²) in [6.07, 6.45) is 0. The third kappa shape index (κ3) is 4.93. The summed E-state index contributed by atoms with van der Waals surface area (Å²) in [6.45, 7) is 0.473. The van der Waals surface area contributed by atoms with Crippen molar-refractivity contribution in [3.05, 3.63) is 107 Å². The third-order valence-corrected chi connectivity index (χ3v) is 6.43. The molecule has 0 aliphatic rings. The lowest BCUT2D eigenvalue weighted by Crippen LogP contribution is -2.08. The molecule has 0 amide bonds. The van der Waals surface area contributed by atoms with Crippen molar-refractivity contribution in [2.75, 3.05) is 33.2 Å². The molecule has 0 aliphatic carbocycles. The molecule has 0 atom stereocenters. The van der Waals surface area contributed by atoms with E-state index < -0.39 is 0 Å². The van der Waals surface area contributed by atoms with Crippen LogP contribution in [0.25, 0.3) is 33.4 Å². The van der Waals surface area contributed by atoms with E-state index in [4.69, 9.17) is 18.6 Å². The smallest absolute Gasteiger partial charge is 0.197 e. The van der Waals surface area contributed by atoms with Gasteiger partial charge < -0.3 is 23.5 Å². The summed E-state index contributed by atoms with van der Waals surface area (Å²) in [5.41, 5.74) is 4.67. The molecule has 0 unspecified atom stereocenters. The molecule has 6 nitrogen and oxygen atoms in total. The van der Waals surface area contributed by atoms with Crippen LogP contribution in [0.4, 0.5) is 5.69 Å². The number of rotatable bonds is 8. The van der Waals surface area contributed by atoms with E-state index in [0.717, 1.165) is 28.1 Å². The highest BCUT2D eigenvalue weighted by Gasteiger charge is 2.21. The second kappa shape index (κ2) is 10.7. The van der Waals surface area contributed by atoms with Crippen LogP contribution in [0.3, 0.4) is 0 Å². The molecule has 1 aromatic heterocycles. The van der Waals surface area contributed by atoms with E-state index in [2.05, 4.69) is 0 Å². The summed E-state index contributed by atoms with van der Waals surface area (Å²) >= 11 is 0. The quantitative estimate of drug-likeness (QED) is 0.230. The Hall–Kier alpha value is -4.71. The Bertz CT molecular complexity index is 1610. The molecule has 6 heteroatoms. The van der Waals surface area contributed by atoms with Gasteiger partial charge in [0.2, 0.25) is 0 Å². The SMILES string of the molecule is COc1cc(OC)c2c(=O)cc(-c3ccc(OCc4ccccc4)cc3)oc2c1-c1ccc(N(C)C)cc1. The molecule has 38 heavy (non-hydrogen) atoms. The van der Waals surface area contributed by atoms with Gasteiger partial charge in [-0.1, -0.05) is 42.5 Å². The number of benzene rings is 4. The topological polar surface area (TPSA) is 61.1 Å². The van der Waals surface area contributed by atoms with Crippen LogP contribution in [0.5, 0.6) is 17.2 Å². The second-order valence-electron chi connectivity index (χ2n) is 9.08. The summed E-state index contributed by atoms with van der Waals surface area (Å²) in [4.78, 5) is 15.4. The van der Waals surface area contributed by atoms with Gasteiger partial charge in [0.05, 0.1) is 19.8 Å². The fourth-order valence-corrected chi connectivity index (χ4v) is 4.40. The largest absolute Gasteiger partial charge is 0.496 e. The summed E-state index contributed by atoms with van der Waals surface area (Å²) in [5, 5.41) is 0.367. The summed E-state index contributed by atoms with van der Waals surface area (Å²) in [6, 6.07) is 28.7. The highest BCUT2D eigenvalue weighted by Crippen LogP contribution is 2.42. The minimum atomic E-state index is -0.198. The van der Waals surface area contributed by atoms with Gasteiger partial charge in [0.1, 0.15) is 35.0 Å². The first-order valence-electron chi connectivity index (χ1n) is 12.3. The van der Waals surface area contributed by atoms with Gasteiger partial charge in [0.15, 0.2) is 11.0 Å². The van der Waals surface area contributed by atoms with Crippen LogP contribution in [0.2, 0.25) is 0 Å². The lowest BCUT2D eigenvalue weighted by Gasteiger charge is -2.17. The molecular formula is C32H29NO5. The van der Waals surface area contributed by atoms with Gasteiger partial charge in [-0.3, -0.25) is 4.79 Å². The zero-order valence-corrected chi connectivity index (χ0v) is 21.9. The fraction of sp³-hybridized carbons (Fsp3) is 0.156. The molecule has 0 bridgehead atoms. The number of methoxy groups -OCH3 is 2. The van der Waals surface area contributed by atoms with Crippen molar-refractivity contribution in [2.24, 2.45) is 0 Å². The van der Waals surface area contributed by atoms with Crippen molar-refractivity contribution in [1.29, 1.82) is 0 Å². The van der Waals surface area contributed by atoms with Gasteiger partial charge in [0.25, 0.3) is 0 Å². The van der Waals surface area contributed by atoms with Gasteiger partial charge in [-0.25, -0.2) is 0 Å². The normalized spacial score (nSPS) is 10.8. The number of hydrogen-bond acceptors (Lipinski definition) is 6. The summed E-state index contributed by atoms with van der Waals surface area (Å²) in [5.74, 6) is 2.12. The lowest BCUT2D eigenvalue weighted by atomic mass is 9.99. The van der Waals surface area contributed by atoms with Crippen molar-refractivity contribution in [3.63, 3.8) is 0 Å². The maximum atomic E-state index is 13.4. The Labute approximate surface area is 221 Å². The molecular weight excluding hydrogens is 478 g/mol. The summed E-state index contributed by atoms with van der Waals surface area (Å²) in [7, 11) is 7.10. The number of fused-ring (bicyclic) bond motifs is 1. The van der Waals surface area contributed by atoms with Crippen molar-refractivity contribution in [2.45, 2.75) is 6.61 Å². The van der Waals surface area contributed by atoms with Crippen LogP contribution >= 0.6 is 0 Å². The van der Waals surface area contributed by atoms with E-state index in [1.807, 2.05) is 97.9 Å². The lowest BCUT2D eigenvalue weighted by molar-refractivity contribution is 0.306. The summed E-state index contributed by atoms with van der Waals surface area (Å²) < 4.78 is 23.6. The van der Waals surface area contributed by atoms with Crippen LogP contribution in [0.15, 0.2) is 100 Å². The molecule has 5 rings (SSSR count). The van der Waals surface area contributed by atoms with Crippen molar-refractivity contribution < 1.29 is 18.6 Å². The van der Waals surface area contributed by atoms with E-state index in [-0.39, 0.29) is 5.43 Å². The first-order chi connectivity index (χ1) is 18.5. The zero-order chi connectivity index (χ0) is 26.6. The molecule has 0 saturated heterocycles. The Morgan fingerprint density at radius 2 is 1.42 bits per heavy atom. The highest BCUT2D eigenvalue weighted by molar-refractivity contribution is 6.00. The fourth-order valence-electron chi connectivity index (χ4n) is 4.40. The average Bonchev–Trinajstić information content (AvgIpc) is 2.96. The van der Waals surface area contributed by atoms with Gasteiger partial charge >= 0.3 is 0 Å². The molecule has 0 saturated carbocycles. The van der Waals surface area contributed by atoms with Crippen molar-refractivity contribution in [1.82, 2.24) is 0 Å². The standard InChI is InChI=1S/C32H29NO5/c1-33(2)24-14-10-23(11-15-24)30-28(35-3)19-29(36-4)31-26(34)18-27(38-32(30)31)22-12-16-25(17-13-22)37-20-21-8-6-5-7-9-21/h5-19H,20H2,1-4H3. The van der Waals surface area contributed by atoms with E-state index in [1.54, 1.807) is 13.2 Å². The number of nitrogens with zero attached hydrogens (tertiary/aromatic N) is 1. The van der Waals surface area contributed by atoms with Crippen LogP contribution in [0.1, 0.15) is 5.56 Å². The third-order valence-electron chi connectivity index (χ3n) is 6.43. The predicted molar refractivity (Wildman–Crippen MR) is 152 cm³/mol. The van der Waals surface area contributed by atoms with Gasteiger partial charge in [0, 0.05) is 37.5 Å². The van der Waals surface area contributed by atoms with Gasteiger partial charge in [-0.05, 0) is 47.5 Å². The number of anilines is 1. The van der Waals surface area contributed by atoms with Crippen LogP contribution in [-0.4, -0.2) is 28.3 Å². The van der Waals surface area contributed by atoms with Gasteiger partial charge in [-0.2, -0.15) is 0 Å². The van der Waals surface area contributed by atoms with E-state index in [9.17, 15) is 4.79 Å². The Morgan fingerprint density at radius 1 is 0.763 bits per heavy atom. The Balaban J connectivity index is 1.58. The Kier molecular flexibility index (Phi) is 7.05. The maximum absolute atomic E-state index is 13.4. The molecule has 0 fully saturated rings. The molecule has 5 aromatic rings. The zero-order valence-electron chi connectivity index (χ0n) is 21.9. The molecule has 0 N–H and O–H groups in total. The van der Waals surface area contributed by atoms with Crippen LogP contribution < -0.4 is 24.5 Å². The predicted octanol–water partition coefficient (Wildman–Crippen LogP) is 6.79. The van der Waals surface area contributed by atoms with E-state index >= 15 is 0 Å². The van der Waals surface area contributed by atoms with Crippen molar-refractivity contribution >= 4 is 16.7 Å². The minimum Gasteiger partial charge on any atom is -0.496 e. The number of hydrogen-bond donors (Lipinski definition) is 0. The van der Waals surface area contributed by atoms with Gasteiger partial charge in [-0.15, -0.1) is 0 Å². The average molecular weight is 508 g/mol. The molecule has 1 heterocycles. The van der Waals surface area contributed by atoms with E-state index in [0.29, 0.717) is 40.4 Å². The molecule has 4 aromatic carbocycles. The molecule has 0 aliphatic heterocycles. The second-order valence-corrected chi connectivity index (χ2v) is 9.08. The number of ether oxygens (including phenoxy) is 3. The molecule has 192 valence electrons. The monoisotopic (exact) mass is 507 g/mol. The first kappa shape index (κ1) is 25.0. The van der Waals surface area contributed by atoms with Crippen molar-refractivity contribution in [3.8, 4) is 39.7 Å². The Morgan fingerprint density at radius 3 is 2.05 bits per heavy atom. The molecule has 0 spiro atoms. The van der Waals surface area contributed by atoms with E-state index in [1.165, 1.54) is 13.2 Å². The molecule has 0 radical (unpaired) electrons.